The third-order valence-electron chi connectivity index (χ3n) is 3.40. The van der Waals surface area contributed by atoms with Gasteiger partial charge in [0.1, 0.15) is 0 Å². The second-order valence-electron chi connectivity index (χ2n) is 5.11. The number of anilines is 1. The first-order chi connectivity index (χ1) is 10.5. The fourth-order valence-electron chi connectivity index (χ4n) is 2.36. The van der Waals surface area contributed by atoms with E-state index < -0.39 is 0 Å². The molecule has 3 amide bonds. The van der Waals surface area contributed by atoms with Gasteiger partial charge in [0.15, 0.2) is 0 Å². The summed E-state index contributed by atoms with van der Waals surface area (Å²) in [6.45, 7) is 1.79. The highest BCUT2D eigenvalue weighted by Gasteiger charge is 2.22. The second-order valence-corrected chi connectivity index (χ2v) is 6.02. The van der Waals surface area contributed by atoms with Crippen LogP contribution in [0.2, 0.25) is 0 Å². The number of aryl methyl sites for hydroxylation is 1. The molecule has 0 fully saturated rings. The van der Waals surface area contributed by atoms with Crippen molar-refractivity contribution in [2.24, 2.45) is 0 Å². The number of carbonyl (C=O) groups is 3. The Morgan fingerprint density at radius 2 is 2.00 bits per heavy atom. The van der Waals surface area contributed by atoms with Gasteiger partial charge in [-0.3, -0.25) is 14.4 Å². The minimum absolute atomic E-state index is 0.0755. The van der Waals surface area contributed by atoms with E-state index in [1.165, 1.54) is 6.92 Å². The molecule has 0 aromatic heterocycles. The minimum atomic E-state index is -0.378. The summed E-state index contributed by atoms with van der Waals surface area (Å²) >= 11 is 3.43. The van der Waals surface area contributed by atoms with Crippen molar-refractivity contribution in [1.29, 1.82) is 0 Å². The summed E-state index contributed by atoms with van der Waals surface area (Å²) in [6.07, 6.45) is 1.84. The van der Waals surface area contributed by atoms with Crippen molar-refractivity contribution in [1.82, 2.24) is 10.6 Å². The molecule has 0 saturated heterocycles. The van der Waals surface area contributed by atoms with Crippen LogP contribution in [0.15, 0.2) is 22.7 Å². The lowest BCUT2D eigenvalue weighted by molar-refractivity contribution is -0.126. The molecule has 22 heavy (non-hydrogen) atoms. The highest BCUT2D eigenvalue weighted by atomic mass is 79.9. The number of rotatable bonds is 4. The highest BCUT2D eigenvalue weighted by molar-refractivity contribution is 9.10. The van der Waals surface area contributed by atoms with Crippen molar-refractivity contribution in [2.75, 3.05) is 24.5 Å². The van der Waals surface area contributed by atoms with Crippen LogP contribution in [0.5, 0.6) is 0 Å². The fourth-order valence-corrected chi connectivity index (χ4v) is 2.77. The van der Waals surface area contributed by atoms with Gasteiger partial charge in [0.05, 0.1) is 13.1 Å². The zero-order valence-corrected chi connectivity index (χ0v) is 13.9. The monoisotopic (exact) mass is 367 g/mol. The lowest BCUT2D eigenvalue weighted by Crippen LogP contribution is -2.44. The standard InChI is InChI=1S/C15H18BrN3O3/c1-10(20)17-8-14(21)18-9-15(22)19-6-2-3-11-7-12(16)4-5-13(11)19/h4-5,7H,2-3,6,8-9H2,1H3,(H,17,20)(H,18,21). The van der Waals surface area contributed by atoms with E-state index in [1.54, 1.807) is 4.90 Å². The van der Waals surface area contributed by atoms with Crippen LogP contribution in [-0.4, -0.2) is 37.4 Å². The molecule has 0 bridgehead atoms. The molecule has 0 unspecified atom stereocenters. The molecular weight excluding hydrogens is 350 g/mol. The average Bonchev–Trinajstić information content (AvgIpc) is 2.49. The van der Waals surface area contributed by atoms with Crippen molar-refractivity contribution in [3.05, 3.63) is 28.2 Å². The molecule has 0 atom stereocenters. The Balaban J connectivity index is 1.94. The normalized spacial score (nSPS) is 13.3. The van der Waals surface area contributed by atoms with Gasteiger partial charge in [0.2, 0.25) is 17.7 Å². The Bertz CT molecular complexity index is 604. The SMILES string of the molecule is CC(=O)NCC(=O)NCC(=O)N1CCCc2cc(Br)ccc21. The minimum Gasteiger partial charge on any atom is -0.347 e. The van der Waals surface area contributed by atoms with Crippen molar-refractivity contribution in [3.63, 3.8) is 0 Å². The number of nitrogens with zero attached hydrogens (tertiary/aromatic N) is 1. The van der Waals surface area contributed by atoms with Crippen molar-refractivity contribution < 1.29 is 14.4 Å². The summed E-state index contributed by atoms with van der Waals surface area (Å²) in [4.78, 5) is 36.2. The Kier molecular flexibility index (Phi) is 5.54. The van der Waals surface area contributed by atoms with E-state index in [4.69, 9.17) is 0 Å². The maximum atomic E-state index is 12.3. The summed E-state index contributed by atoms with van der Waals surface area (Å²) in [5, 5.41) is 4.91. The molecule has 1 aliphatic rings. The average molecular weight is 368 g/mol. The Morgan fingerprint density at radius 3 is 2.73 bits per heavy atom. The lowest BCUT2D eigenvalue weighted by atomic mass is 10.0. The first-order valence-corrected chi connectivity index (χ1v) is 7.86. The molecule has 6 nitrogen and oxygen atoms in total. The van der Waals surface area contributed by atoms with Crippen molar-refractivity contribution in [2.45, 2.75) is 19.8 Å². The van der Waals surface area contributed by atoms with Crippen LogP contribution in [0.3, 0.4) is 0 Å². The van der Waals surface area contributed by atoms with E-state index in [1.807, 2.05) is 18.2 Å². The number of amides is 3. The van der Waals surface area contributed by atoms with E-state index in [-0.39, 0.29) is 30.8 Å². The first-order valence-electron chi connectivity index (χ1n) is 7.07. The van der Waals surface area contributed by atoms with Gasteiger partial charge >= 0.3 is 0 Å². The van der Waals surface area contributed by atoms with Crippen LogP contribution in [0, 0.1) is 0 Å². The van der Waals surface area contributed by atoms with Crippen LogP contribution in [0.25, 0.3) is 0 Å². The quantitative estimate of drug-likeness (QED) is 0.832. The van der Waals surface area contributed by atoms with E-state index in [0.29, 0.717) is 6.54 Å². The number of nitrogens with one attached hydrogen (secondary N) is 2. The second kappa shape index (κ2) is 7.40. The predicted octanol–water partition coefficient (Wildman–Crippen LogP) is 0.981. The van der Waals surface area contributed by atoms with Gasteiger partial charge in [0.25, 0.3) is 0 Å². The molecule has 2 N–H and O–H groups in total. The van der Waals surface area contributed by atoms with E-state index in [2.05, 4.69) is 26.6 Å². The van der Waals surface area contributed by atoms with Crippen LogP contribution in [0.1, 0.15) is 18.9 Å². The number of fused-ring (bicyclic) bond motifs is 1. The third-order valence-corrected chi connectivity index (χ3v) is 3.89. The Morgan fingerprint density at radius 1 is 1.23 bits per heavy atom. The maximum absolute atomic E-state index is 12.3. The zero-order valence-electron chi connectivity index (χ0n) is 12.3. The van der Waals surface area contributed by atoms with Crippen LogP contribution in [0.4, 0.5) is 5.69 Å². The predicted molar refractivity (Wildman–Crippen MR) is 86.5 cm³/mol. The zero-order chi connectivity index (χ0) is 16.1. The third kappa shape index (κ3) is 4.30. The van der Waals surface area contributed by atoms with Crippen LogP contribution < -0.4 is 15.5 Å². The van der Waals surface area contributed by atoms with Crippen LogP contribution in [-0.2, 0) is 20.8 Å². The largest absolute Gasteiger partial charge is 0.347 e. The van der Waals surface area contributed by atoms with E-state index in [9.17, 15) is 14.4 Å². The summed E-state index contributed by atoms with van der Waals surface area (Å²) in [7, 11) is 0. The van der Waals surface area contributed by atoms with Gasteiger partial charge in [-0.05, 0) is 36.6 Å². The molecule has 0 spiro atoms. The van der Waals surface area contributed by atoms with E-state index in [0.717, 1.165) is 28.6 Å². The number of hydrogen-bond acceptors (Lipinski definition) is 3. The lowest BCUT2D eigenvalue weighted by Gasteiger charge is -2.29. The summed E-state index contributed by atoms with van der Waals surface area (Å²) in [5.74, 6) is -0.812. The number of hydrogen-bond donors (Lipinski definition) is 2. The molecule has 2 rings (SSSR count). The topological polar surface area (TPSA) is 78.5 Å². The highest BCUT2D eigenvalue weighted by Crippen LogP contribution is 2.29. The number of halogens is 1. The summed E-state index contributed by atoms with van der Waals surface area (Å²) in [6, 6.07) is 5.83. The Labute approximate surface area is 137 Å². The van der Waals surface area contributed by atoms with Gasteiger partial charge in [-0.2, -0.15) is 0 Å². The molecule has 1 aromatic carbocycles. The molecular formula is C15H18BrN3O3. The van der Waals surface area contributed by atoms with Gasteiger partial charge in [-0.25, -0.2) is 0 Å². The van der Waals surface area contributed by atoms with Crippen LogP contribution >= 0.6 is 15.9 Å². The van der Waals surface area contributed by atoms with Crippen molar-refractivity contribution in [3.8, 4) is 0 Å². The molecule has 118 valence electrons. The van der Waals surface area contributed by atoms with Gasteiger partial charge in [-0.1, -0.05) is 15.9 Å². The summed E-state index contributed by atoms with van der Waals surface area (Å²) in [5.41, 5.74) is 2.02. The number of benzene rings is 1. The fraction of sp³-hybridized carbons (Fsp3) is 0.400. The number of carbonyl (C=O) groups excluding carboxylic acids is 3. The van der Waals surface area contributed by atoms with Gasteiger partial charge in [-0.15, -0.1) is 0 Å². The molecule has 0 aliphatic carbocycles. The van der Waals surface area contributed by atoms with Crippen molar-refractivity contribution >= 4 is 39.3 Å². The van der Waals surface area contributed by atoms with Gasteiger partial charge in [0, 0.05) is 23.6 Å². The molecule has 1 aromatic rings. The molecule has 0 saturated carbocycles. The van der Waals surface area contributed by atoms with Gasteiger partial charge < -0.3 is 15.5 Å². The summed E-state index contributed by atoms with van der Waals surface area (Å²) < 4.78 is 0.990. The molecule has 1 aliphatic heterocycles. The first kappa shape index (κ1) is 16.5. The Hall–Kier alpha value is -1.89. The smallest absolute Gasteiger partial charge is 0.246 e. The molecule has 7 heteroatoms. The molecule has 0 radical (unpaired) electrons. The van der Waals surface area contributed by atoms with E-state index >= 15 is 0 Å². The molecule has 1 heterocycles. The maximum Gasteiger partial charge on any atom is 0.246 e.